The van der Waals surface area contributed by atoms with Gasteiger partial charge in [0.1, 0.15) is 5.60 Å². The maximum atomic E-state index is 11.5. The molecule has 0 unspecified atom stereocenters. The Bertz CT molecular complexity index is 240. The van der Waals surface area contributed by atoms with Crippen molar-refractivity contribution in [1.29, 1.82) is 0 Å². The van der Waals surface area contributed by atoms with Gasteiger partial charge < -0.3 is 9.47 Å². The van der Waals surface area contributed by atoms with Gasteiger partial charge in [0.15, 0.2) is 0 Å². The van der Waals surface area contributed by atoms with E-state index < -0.39 is 0 Å². The molecule has 14 heavy (non-hydrogen) atoms. The second-order valence-electron chi connectivity index (χ2n) is 4.65. The van der Waals surface area contributed by atoms with Gasteiger partial charge >= 0.3 is 5.97 Å². The molecule has 0 aromatic carbocycles. The number of carbonyl (C=O) groups excluding carboxylic acids is 1. The Hall–Kier alpha value is -0.990. The monoisotopic (exact) mass is 198 g/mol. The number of ether oxygens (including phenoxy) is 2. The molecule has 3 heteroatoms. The summed E-state index contributed by atoms with van der Waals surface area (Å²) in [6, 6.07) is 0. The second-order valence-corrected chi connectivity index (χ2v) is 4.65. The molecule has 0 aliphatic heterocycles. The van der Waals surface area contributed by atoms with Crippen molar-refractivity contribution in [3.8, 4) is 0 Å². The van der Waals surface area contributed by atoms with Gasteiger partial charge in [-0.2, -0.15) is 0 Å². The molecule has 0 aromatic rings. The van der Waals surface area contributed by atoms with E-state index >= 15 is 0 Å². The number of hydrogen-bond acceptors (Lipinski definition) is 3. The van der Waals surface area contributed by atoms with Gasteiger partial charge in [0.2, 0.25) is 0 Å². The summed E-state index contributed by atoms with van der Waals surface area (Å²) in [5.41, 5.74) is 0.806. The molecule has 0 aromatic heterocycles. The number of rotatable bonds is 2. The molecule has 1 rings (SSSR count). The lowest BCUT2D eigenvalue weighted by Crippen LogP contribution is -2.32. The van der Waals surface area contributed by atoms with Crippen molar-refractivity contribution in [2.24, 2.45) is 5.92 Å². The molecule has 1 saturated carbocycles. The van der Waals surface area contributed by atoms with Crippen LogP contribution in [0.4, 0.5) is 0 Å². The van der Waals surface area contributed by atoms with Crippen LogP contribution in [0.5, 0.6) is 0 Å². The normalized spacial score (nSPS) is 21.1. The number of carbonyl (C=O) groups is 1. The molecule has 80 valence electrons. The summed E-state index contributed by atoms with van der Waals surface area (Å²) >= 11 is 0. The maximum Gasteiger partial charge on any atom is 0.310 e. The third-order valence-corrected chi connectivity index (χ3v) is 2.04. The van der Waals surface area contributed by atoms with Crippen molar-refractivity contribution in [3.05, 3.63) is 11.8 Å². The minimum absolute atomic E-state index is 0.0376. The largest absolute Gasteiger partial charge is 0.504 e. The Morgan fingerprint density at radius 2 is 2.00 bits per heavy atom. The molecule has 0 amide bonds. The minimum Gasteiger partial charge on any atom is -0.504 e. The van der Waals surface area contributed by atoms with Gasteiger partial charge in [0, 0.05) is 0 Å². The van der Waals surface area contributed by atoms with Gasteiger partial charge in [-0.05, 0) is 39.2 Å². The quantitative estimate of drug-likeness (QED) is 0.504. The predicted octanol–water partition coefficient (Wildman–Crippen LogP) is 2.27. The van der Waals surface area contributed by atoms with E-state index in [4.69, 9.17) is 9.47 Å². The van der Waals surface area contributed by atoms with Crippen LogP contribution >= 0.6 is 0 Å². The zero-order valence-electron chi connectivity index (χ0n) is 9.29. The Morgan fingerprint density at radius 1 is 1.43 bits per heavy atom. The van der Waals surface area contributed by atoms with Crippen LogP contribution in [-0.2, 0) is 14.3 Å². The van der Waals surface area contributed by atoms with Gasteiger partial charge in [-0.25, -0.2) is 0 Å². The molecule has 0 heterocycles. The van der Waals surface area contributed by atoms with Gasteiger partial charge in [0.25, 0.3) is 0 Å². The number of allylic oxidation sites excluding steroid dienone is 1. The molecule has 1 aliphatic carbocycles. The maximum absolute atomic E-state index is 11.5. The molecule has 3 nitrogen and oxygen atoms in total. The standard InChI is InChI=1S/C11H18O3/c1-11(2,3)14-10(12)9-5-8(6-9)7-13-4/h7,9H,5-6H2,1-4H3. The molecule has 0 atom stereocenters. The van der Waals surface area contributed by atoms with E-state index in [9.17, 15) is 4.79 Å². The highest BCUT2D eigenvalue weighted by Gasteiger charge is 2.33. The fraction of sp³-hybridized carbons (Fsp3) is 0.727. The highest BCUT2D eigenvalue weighted by molar-refractivity contribution is 5.75. The van der Waals surface area contributed by atoms with E-state index in [1.807, 2.05) is 20.8 Å². The van der Waals surface area contributed by atoms with Crippen molar-refractivity contribution in [1.82, 2.24) is 0 Å². The van der Waals surface area contributed by atoms with Crippen LogP contribution in [0.2, 0.25) is 0 Å². The van der Waals surface area contributed by atoms with Crippen molar-refractivity contribution in [2.75, 3.05) is 7.11 Å². The van der Waals surface area contributed by atoms with E-state index in [0.717, 1.165) is 12.8 Å². The van der Waals surface area contributed by atoms with Crippen LogP contribution in [0.3, 0.4) is 0 Å². The Kier molecular flexibility index (Phi) is 3.19. The lowest BCUT2D eigenvalue weighted by atomic mass is 9.81. The molecule has 1 aliphatic rings. The van der Waals surface area contributed by atoms with Crippen LogP contribution in [0, 0.1) is 5.92 Å². The van der Waals surface area contributed by atoms with E-state index in [2.05, 4.69) is 0 Å². The molecule has 0 radical (unpaired) electrons. The fourth-order valence-corrected chi connectivity index (χ4v) is 1.39. The first-order valence-corrected chi connectivity index (χ1v) is 4.86. The van der Waals surface area contributed by atoms with Gasteiger partial charge in [-0.3, -0.25) is 4.79 Å². The molecular formula is C11H18O3. The third-order valence-electron chi connectivity index (χ3n) is 2.04. The summed E-state index contributed by atoms with van der Waals surface area (Å²) in [6.45, 7) is 5.65. The SMILES string of the molecule is COC=C1CC(C(=O)OC(C)(C)C)C1. The smallest absolute Gasteiger partial charge is 0.310 e. The Balaban J connectivity index is 2.34. The van der Waals surface area contributed by atoms with Gasteiger partial charge in [0.05, 0.1) is 19.3 Å². The van der Waals surface area contributed by atoms with Crippen molar-refractivity contribution in [3.63, 3.8) is 0 Å². The van der Waals surface area contributed by atoms with Crippen molar-refractivity contribution in [2.45, 2.75) is 39.2 Å². The highest BCUT2D eigenvalue weighted by Crippen LogP contribution is 2.34. The molecule has 0 saturated heterocycles. The van der Waals surface area contributed by atoms with Crippen molar-refractivity contribution < 1.29 is 14.3 Å². The first-order chi connectivity index (χ1) is 6.42. The van der Waals surface area contributed by atoms with E-state index in [-0.39, 0.29) is 17.5 Å². The molecule has 0 bridgehead atoms. The van der Waals surface area contributed by atoms with Crippen LogP contribution in [0.15, 0.2) is 11.8 Å². The topological polar surface area (TPSA) is 35.5 Å². The van der Waals surface area contributed by atoms with Crippen LogP contribution < -0.4 is 0 Å². The lowest BCUT2D eigenvalue weighted by molar-refractivity contribution is -0.161. The summed E-state index contributed by atoms with van der Waals surface area (Å²) in [4.78, 5) is 11.5. The number of esters is 1. The van der Waals surface area contributed by atoms with E-state index in [1.54, 1.807) is 13.4 Å². The summed E-state index contributed by atoms with van der Waals surface area (Å²) < 4.78 is 10.1. The summed E-state index contributed by atoms with van der Waals surface area (Å²) in [7, 11) is 1.62. The average molecular weight is 198 g/mol. The zero-order chi connectivity index (χ0) is 10.8. The van der Waals surface area contributed by atoms with Crippen LogP contribution in [-0.4, -0.2) is 18.7 Å². The third kappa shape index (κ3) is 3.05. The molecular weight excluding hydrogens is 180 g/mol. The molecule has 1 fully saturated rings. The van der Waals surface area contributed by atoms with Gasteiger partial charge in [-0.15, -0.1) is 0 Å². The van der Waals surface area contributed by atoms with Crippen LogP contribution in [0.1, 0.15) is 33.6 Å². The molecule has 0 spiro atoms. The van der Waals surface area contributed by atoms with Gasteiger partial charge in [-0.1, -0.05) is 0 Å². The zero-order valence-corrected chi connectivity index (χ0v) is 9.29. The first kappa shape index (κ1) is 11.1. The number of methoxy groups -OCH3 is 1. The summed E-state index contributed by atoms with van der Waals surface area (Å²) in [5.74, 6) is -0.0543. The first-order valence-electron chi connectivity index (χ1n) is 4.86. The fourth-order valence-electron chi connectivity index (χ4n) is 1.39. The highest BCUT2D eigenvalue weighted by atomic mass is 16.6. The van der Waals surface area contributed by atoms with Crippen LogP contribution in [0.25, 0.3) is 0 Å². The van der Waals surface area contributed by atoms with Crippen molar-refractivity contribution >= 4 is 5.97 Å². The van der Waals surface area contributed by atoms with E-state index in [1.165, 1.54) is 5.57 Å². The summed E-state index contributed by atoms with van der Waals surface area (Å²) in [6.07, 6.45) is 3.27. The Morgan fingerprint density at radius 3 is 2.43 bits per heavy atom. The Labute approximate surface area is 85.1 Å². The minimum atomic E-state index is -0.377. The predicted molar refractivity (Wildman–Crippen MR) is 53.7 cm³/mol. The molecule has 0 N–H and O–H groups in total. The summed E-state index contributed by atoms with van der Waals surface area (Å²) in [5, 5.41) is 0. The average Bonchev–Trinajstić information content (AvgIpc) is 1.91. The second kappa shape index (κ2) is 4.03. The lowest BCUT2D eigenvalue weighted by Gasteiger charge is -2.30. The number of hydrogen-bond donors (Lipinski definition) is 0. The van der Waals surface area contributed by atoms with E-state index in [0.29, 0.717) is 0 Å².